The van der Waals surface area contributed by atoms with Gasteiger partial charge in [-0.05, 0) is 48.5 Å². The quantitative estimate of drug-likeness (QED) is 0.0896. The molecule has 2 saturated heterocycles. The number of hydrogen-bond acceptors (Lipinski definition) is 4. The van der Waals surface area contributed by atoms with Gasteiger partial charge >= 0.3 is 0 Å². The van der Waals surface area contributed by atoms with Gasteiger partial charge in [-0.1, -0.05) is 165 Å². The zero-order valence-corrected chi connectivity index (χ0v) is 32.2. The molecule has 4 rings (SSSR count). The molecule has 2 aromatic carbocycles. The van der Waals surface area contributed by atoms with Crippen LogP contribution in [0.2, 0.25) is 5.04 Å². The monoisotopic (exact) mass is 674 g/mol. The summed E-state index contributed by atoms with van der Waals surface area (Å²) in [6, 6.07) is 21.7. The van der Waals surface area contributed by atoms with Crippen LogP contribution in [0, 0.1) is 11.8 Å². The topological polar surface area (TPSA) is 36.9 Å². The molecule has 0 saturated carbocycles. The maximum Gasteiger partial charge on any atom is 0.261 e. The summed E-state index contributed by atoms with van der Waals surface area (Å²) in [7, 11) is -2.60. The van der Waals surface area contributed by atoms with Crippen molar-refractivity contribution >= 4 is 18.7 Å². The first-order chi connectivity index (χ1) is 23.1. The predicted molar refractivity (Wildman–Crippen MR) is 203 cm³/mol. The van der Waals surface area contributed by atoms with E-state index in [9.17, 15) is 0 Å². The van der Waals surface area contributed by atoms with E-state index in [0.717, 1.165) is 25.7 Å². The van der Waals surface area contributed by atoms with Gasteiger partial charge in [-0.3, -0.25) is 0 Å². The highest BCUT2D eigenvalue weighted by molar-refractivity contribution is 6.99. The molecule has 0 bridgehead atoms. The van der Waals surface area contributed by atoms with E-state index in [0.29, 0.717) is 6.61 Å². The van der Waals surface area contributed by atoms with Gasteiger partial charge in [0.2, 0.25) is 0 Å². The summed E-state index contributed by atoms with van der Waals surface area (Å²) in [5.41, 5.74) is 0. The maximum atomic E-state index is 7.21. The van der Waals surface area contributed by atoms with Crippen molar-refractivity contribution in [2.75, 3.05) is 6.61 Å². The zero-order valence-electron chi connectivity index (χ0n) is 31.2. The Morgan fingerprint density at radius 1 is 0.729 bits per heavy atom. The summed E-state index contributed by atoms with van der Waals surface area (Å²) < 4.78 is 26.6. The molecule has 4 atom stereocenters. The standard InChI is InChI=1S/C43H66O4Si/c1-7-8-9-10-11-12-13-14-15-16-17-18-19-22-27-36-34-41(47-43(5,6)46-36)40-33-32-37(45-40)35-44-48(42(2,3)4,38-28-23-20-24-29-38)39-30-25-21-26-31-39/h20-21,23-26,28-31,36-37,40-41H,7-19,32-35H2,1-6H3/t36-,37-,40-,41-/m0/s1. The number of ether oxygens (including phenoxy) is 3. The summed E-state index contributed by atoms with van der Waals surface area (Å²) >= 11 is 0. The van der Waals surface area contributed by atoms with Gasteiger partial charge < -0.3 is 18.6 Å². The van der Waals surface area contributed by atoms with Crippen molar-refractivity contribution in [2.24, 2.45) is 0 Å². The van der Waals surface area contributed by atoms with Crippen molar-refractivity contribution in [3.63, 3.8) is 0 Å². The van der Waals surface area contributed by atoms with E-state index in [2.05, 4.69) is 100 Å². The van der Waals surface area contributed by atoms with Gasteiger partial charge in [0, 0.05) is 12.8 Å². The Morgan fingerprint density at radius 2 is 1.27 bits per heavy atom. The normalized spacial score (nSPS) is 22.7. The predicted octanol–water partition coefficient (Wildman–Crippen LogP) is 10.1. The van der Waals surface area contributed by atoms with Crippen molar-refractivity contribution in [3.8, 4) is 11.8 Å². The van der Waals surface area contributed by atoms with Crippen molar-refractivity contribution in [1.29, 1.82) is 0 Å². The molecule has 4 nitrogen and oxygen atoms in total. The highest BCUT2D eigenvalue weighted by atomic mass is 28.4. The molecule has 266 valence electrons. The first-order valence-electron chi connectivity index (χ1n) is 19.4. The number of benzene rings is 2. The number of unbranched alkanes of at least 4 members (excludes halogenated alkanes) is 12. The van der Waals surface area contributed by atoms with Crippen LogP contribution in [0.5, 0.6) is 0 Å². The zero-order chi connectivity index (χ0) is 34.3. The smallest absolute Gasteiger partial charge is 0.261 e. The van der Waals surface area contributed by atoms with Crippen molar-refractivity contribution in [1.82, 2.24) is 0 Å². The molecule has 2 heterocycles. The molecule has 0 unspecified atom stereocenters. The van der Waals surface area contributed by atoms with Crippen LogP contribution in [-0.2, 0) is 18.6 Å². The Labute approximate surface area is 295 Å². The van der Waals surface area contributed by atoms with Gasteiger partial charge in [0.15, 0.2) is 5.79 Å². The number of rotatable bonds is 18. The van der Waals surface area contributed by atoms with Crippen molar-refractivity contribution in [2.45, 2.75) is 180 Å². The fourth-order valence-corrected chi connectivity index (χ4v) is 12.3. The summed E-state index contributed by atoms with van der Waals surface area (Å²) in [5.74, 6) is 6.22. The van der Waals surface area contributed by atoms with Crippen LogP contribution < -0.4 is 10.4 Å². The first-order valence-corrected chi connectivity index (χ1v) is 21.3. The molecule has 5 heteroatoms. The molecule has 48 heavy (non-hydrogen) atoms. The van der Waals surface area contributed by atoms with Crippen LogP contribution in [0.4, 0.5) is 0 Å². The Kier molecular flexibility index (Phi) is 15.7. The van der Waals surface area contributed by atoms with Crippen LogP contribution in [0.3, 0.4) is 0 Å². The maximum absolute atomic E-state index is 7.21. The van der Waals surface area contributed by atoms with E-state index < -0.39 is 14.1 Å². The molecule has 0 N–H and O–H groups in total. The van der Waals surface area contributed by atoms with Crippen LogP contribution >= 0.6 is 0 Å². The van der Waals surface area contributed by atoms with Crippen LogP contribution in [0.1, 0.15) is 144 Å². The summed E-state index contributed by atoms with van der Waals surface area (Å²) in [6.07, 6.45) is 19.9. The van der Waals surface area contributed by atoms with Gasteiger partial charge in [-0.15, -0.1) is 5.92 Å². The van der Waals surface area contributed by atoms with E-state index in [1.165, 1.54) is 87.4 Å². The van der Waals surface area contributed by atoms with Crippen LogP contribution in [0.25, 0.3) is 0 Å². The summed E-state index contributed by atoms with van der Waals surface area (Å²) in [6.45, 7) is 13.9. The molecule has 0 spiro atoms. The van der Waals surface area contributed by atoms with E-state index >= 15 is 0 Å². The number of hydrogen-bond donors (Lipinski definition) is 0. The average molecular weight is 675 g/mol. The van der Waals surface area contributed by atoms with Crippen molar-refractivity contribution < 1.29 is 18.6 Å². The van der Waals surface area contributed by atoms with Crippen LogP contribution in [0.15, 0.2) is 60.7 Å². The minimum Gasteiger partial charge on any atom is -0.405 e. The third kappa shape index (κ3) is 11.6. The molecule has 0 amide bonds. The lowest BCUT2D eigenvalue weighted by atomic mass is 10.0. The average Bonchev–Trinajstić information content (AvgIpc) is 3.54. The Morgan fingerprint density at radius 3 is 1.81 bits per heavy atom. The molecule has 0 radical (unpaired) electrons. The van der Waals surface area contributed by atoms with Gasteiger partial charge in [-0.2, -0.15) is 0 Å². The van der Waals surface area contributed by atoms with Crippen molar-refractivity contribution in [3.05, 3.63) is 60.7 Å². The molecule has 2 fully saturated rings. The third-order valence-electron chi connectivity index (χ3n) is 10.2. The second-order valence-corrected chi connectivity index (χ2v) is 20.0. The SMILES string of the molecule is CCCCCCCCCCCCCCC#C[C@H]1C[C@@H]([C@@H]2CC[C@@H](CO[Si](c3ccccc3)(c3ccccc3)C(C)(C)C)O2)OC(C)(C)O1. The summed E-state index contributed by atoms with van der Waals surface area (Å²) in [4.78, 5) is 0. The summed E-state index contributed by atoms with van der Waals surface area (Å²) in [5, 5.41) is 2.55. The van der Waals surface area contributed by atoms with Gasteiger partial charge in [0.1, 0.15) is 6.10 Å². The second-order valence-electron chi connectivity index (χ2n) is 15.7. The minimum absolute atomic E-state index is 0.0292. The highest BCUT2D eigenvalue weighted by Crippen LogP contribution is 2.38. The Balaban J connectivity index is 1.24. The van der Waals surface area contributed by atoms with Gasteiger partial charge in [-0.25, -0.2) is 0 Å². The van der Waals surface area contributed by atoms with Crippen LogP contribution in [-0.4, -0.2) is 45.1 Å². The minimum atomic E-state index is -2.60. The molecule has 2 aliphatic heterocycles. The molecule has 2 aromatic rings. The van der Waals surface area contributed by atoms with E-state index in [1.807, 2.05) is 13.8 Å². The lowest BCUT2D eigenvalue weighted by molar-refractivity contribution is -0.304. The second kappa shape index (κ2) is 19.4. The molecule has 0 aromatic heterocycles. The van der Waals surface area contributed by atoms with E-state index in [-0.39, 0.29) is 29.5 Å². The lowest BCUT2D eigenvalue weighted by Crippen LogP contribution is -2.67. The van der Waals surface area contributed by atoms with E-state index in [4.69, 9.17) is 18.6 Å². The third-order valence-corrected chi connectivity index (χ3v) is 15.2. The Hall–Kier alpha value is -1.94. The molecular weight excluding hydrogens is 609 g/mol. The lowest BCUT2D eigenvalue weighted by Gasteiger charge is -2.43. The fraction of sp³-hybridized carbons (Fsp3) is 0.674. The molecular formula is C43H66O4Si. The molecule has 2 aliphatic rings. The fourth-order valence-electron chi connectivity index (χ4n) is 7.71. The van der Waals surface area contributed by atoms with E-state index in [1.54, 1.807) is 0 Å². The first kappa shape index (κ1) is 38.9. The van der Waals surface area contributed by atoms with Gasteiger partial charge in [0.05, 0.1) is 24.9 Å². The largest absolute Gasteiger partial charge is 0.405 e. The van der Waals surface area contributed by atoms with Gasteiger partial charge in [0.25, 0.3) is 8.32 Å². The molecule has 0 aliphatic carbocycles. The highest BCUT2D eigenvalue weighted by Gasteiger charge is 2.51. The Bertz CT molecular complexity index is 1190.